The summed E-state index contributed by atoms with van der Waals surface area (Å²) in [6.45, 7) is 0.639. The molecule has 0 amide bonds. The van der Waals surface area contributed by atoms with E-state index in [0.717, 1.165) is 5.56 Å². The van der Waals surface area contributed by atoms with Crippen molar-refractivity contribution >= 4 is 0 Å². The van der Waals surface area contributed by atoms with Crippen molar-refractivity contribution in [3.63, 3.8) is 0 Å². The molecular formula is C14H12N4O2. The molecule has 0 radical (unpaired) electrons. The van der Waals surface area contributed by atoms with E-state index in [9.17, 15) is 9.59 Å². The molecule has 0 spiro atoms. The number of hydrogen-bond donors (Lipinski definition) is 2. The maximum absolute atomic E-state index is 11.3. The summed E-state index contributed by atoms with van der Waals surface area (Å²) in [7, 11) is 0. The van der Waals surface area contributed by atoms with E-state index in [1.54, 1.807) is 6.07 Å². The average molecular weight is 268 g/mol. The van der Waals surface area contributed by atoms with Crippen LogP contribution in [0, 0.1) is 0 Å². The highest BCUT2D eigenvalue weighted by Gasteiger charge is 2.08. The quantitative estimate of drug-likeness (QED) is 0.742. The Balaban J connectivity index is 2.02. The summed E-state index contributed by atoms with van der Waals surface area (Å²) in [4.78, 5) is 31.0. The molecule has 3 rings (SSSR count). The molecule has 0 saturated heterocycles. The second-order valence-electron chi connectivity index (χ2n) is 4.35. The van der Waals surface area contributed by atoms with Gasteiger partial charge in [-0.3, -0.25) is 9.97 Å². The van der Waals surface area contributed by atoms with Gasteiger partial charge in [-0.15, -0.1) is 0 Å². The number of benzene rings is 1. The largest absolute Gasteiger partial charge is 0.351 e. The summed E-state index contributed by atoms with van der Waals surface area (Å²) in [5.74, 6) is 0.264. The van der Waals surface area contributed by atoms with Crippen molar-refractivity contribution in [2.75, 3.05) is 0 Å². The van der Waals surface area contributed by atoms with Crippen LogP contribution in [0.1, 0.15) is 5.56 Å². The normalized spacial score (nSPS) is 10.6. The molecule has 6 nitrogen and oxygen atoms in total. The summed E-state index contributed by atoms with van der Waals surface area (Å²) in [6, 6.07) is 13.6. The minimum Gasteiger partial charge on any atom is -0.341 e. The summed E-state index contributed by atoms with van der Waals surface area (Å²) in [5.41, 5.74) is 0.595. The van der Waals surface area contributed by atoms with Crippen molar-refractivity contribution in [1.82, 2.24) is 19.5 Å². The van der Waals surface area contributed by atoms with E-state index in [1.807, 2.05) is 47.2 Å². The van der Waals surface area contributed by atoms with Crippen LogP contribution in [-0.2, 0) is 6.54 Å². The Bertz CT molecular complexity index is 802. The van der Waals surface area contributed by atoms with E-state index in [2.05, 4.69) is 15.0 Å². The number of rotatable bonds is 3. The topological polar surface area (TPSA) is 83.5 Å². The number of H-pyrrole nitrogens is 2. The highest BCUT2D eigenvalue weighted by atomic mass is 16.2. The number of aromatic nitrogens is 4. The lowest BCUT2D eigenvalue weighted by atomic mass is 10.2. The molecule has 2 aromatic heterocycles. The number of hydrogen-bond acceptors (Lipinski definition) is 3. The Morgan fingerprint density at radius 3 is 2.55 bits per heavy atom. The molecule has 2 N–H and O–H groups in total. The number of nitrogens with one attached hydrogen (secondary N) is 2. The Labute approximate surface area is 113 Å². The van der Waals surface area contributed by atoms with Gasteiger partial charge in [0.25, 0.3) is 0 Å². The van der Waals surface area contributed by atoms with Gasteiger partial charge in [-0.2, -0.15) is 4.98 Å². The van der Waals surface area contributed by atoms with Gasteiger partial charge in [0.2, 0.25) is 0 Å². The van der Waals surface area contributed by atoms with Gasteiger partial charge in [0, 0.05) is 12.7 Å². The molecule has 0 aliphatic rings. The van der Waals surface area contributed by atoms with Crippen molar-refractivity contribution in [2.24, 2.45) is 0 Å². The highest BCUT2D eigenvalue weighted by molar-refractivity contribution is 5.49. The zero-order chi connectivity index (χ0) is 13.9. The van der Waals surface area contributed by atoms with E-state index in [-0.39, 0.29) is 5.82 Å². The minimum atomic E-state index is -0.656. The molecule has 0 aliphatic carbocycles. The van der Waals surface area contributed by atoms with Crippen LogP contribution in [0.2, 0.25) is 0 Å². The first-order valence-electron chi connectivity index (χ1n) is 6.12. The molecule has 3 aromatic rings. The highest BCUT2D eigenvalue weighted by Crippen LogP contribution is 2.15. The van der Waals surface area contributed by atoms with Crippen molar-refractivity contribution in [2.45, 2.75) is 6.54 Å². The van der Waals surface area contributed by atoms with E-state index in [0.29, 0.717) is 12.2 Å². The van der Waals surface area contributed by atoms with Crippen LogP contribution in [0.25, 0.3) is 11.5 Å². The number of nitrogens with zero attached hydrogens (tertiary/aromatic N) is 2. The average Bonchev–Trinajstić information content (AvgIpc) is 2.87. The van der Waals surface area contributed by atoms with Gasteiger partial charge < -0.3 is 4.57 Å². The number of aromatic amines is 2. The van der Waals surface area contributed by atoms with Gasteiger partial charge in [-0.25, -0.2) is 9.59 Å². The van der Waals surface area contributed by atoms with E-state index >= 15 is 0 Å². The lowest BCUT2D eigenvalue weighted by Gasteiger charge is -2.08. The van der Waals surface area contributed by atoms with Gasteiger partial charge in [0.1, 0.15) is 0 Å². The fraction of sp³-hybridized carbons (Fsp3) is 0.0714. The van der Waals surface area contributed by atoms with Crippen LogP contribution in [0.15, 0.2) is 58.3 Å². The van der Waals surface area contributed by atoms with Crippen molar-refractivity contribution in [3.05, 3.63) is 75.2 Å². The first kappa shape index (κ1) is 12.2. The van der Waals surface area contributed by atoms with E-state index in [1.165, 1.54) is 0 Å². The van der Waals surface area contributed by atoms with Gasteiger partial charge in [0.05, 0.1) is 5.69 Å². The predicted molar refractivity (Wildman–Crippen MR) is 74.4 cm³/mol. The molecule has 0 atom stereocenters. The first-order chi connectivity index (χ1) is 9.72. The summed E-state index contributed by atoms with van der Waals surface area (Å²) < 4.78 is 1.92. The Morgan fingerprint density at radius 1 is 1.00 bits per heavy atom. The second kappa shape index (κ2) is 5.00. The van der Waals surface area contributed by atoms with Gasteiger partial charge in [0.15, 0.2) is 5.82 Å². The third kappa shape index (κ3) is 2.44. The molecule has 20 heavy (non-hydrogen) atoms. The second-order valence-corrected chi connectivity index (χ2v) is 4.35. The van der Waals surface area contributed by atoms with Gasteiger partial charge in [-0.1, -0.05) is 30.3 Å². The summed E-state index contributed by atoms with van der Waals surface area (Å²) in [5, 5.41) is 0. The Kier molecular flexibility index (Phi) is 3.04. The fourth-order valence-electron chi connectivity index (χ4n) is 2.06. The van der Waals surface area contributed by atoms with Crippen LogP contribution >= 0.6 is 0 Å². The standard InChI is InChI=1S/C14H12N4O2/c19-13-15-12(16-14(20)17-13)11-7-4-8-18(11)9-10-5-2-1-3-6-10/h1-8H,9H2,(H2,15,16,17,19,20). The first-order valence-corrected chi connectivity index (χ1v) is 6.12. The van der Waals surface area contributed by atoms with Crippen molar-refractivity contribution < 1.29 is 0 Å². The third-order valence-electron chi connectivity index (χ3n) is 2.93. The van der Waals surface area contributed by atoms with Crippen molar-refractivity contribution in [1.29, 1.82) is 0 Å². The molecule has 100 valence electrons. The Morgan fingerprint density at radius 2 is 1.80 bits per heavy atom. The van der Waals surface area contributed by atoms with Crippen LogP contribution in [0.3, 0.4) is 0 Å². The molecule has 2 heterocycles. The molecular weight excluding hydrogens is 256 g/mol. The van der Waals surface area contributed by atoms with Crippen LogP contribution < -0.4 is 11.4 Å². The maximum Gasteiger partial charge on any atom is 0.351 e. The fourth-order valence-corrected chi connectivity index (χ4v) is 2.06. The maximum atomic E-state index is 11.3. The Hall–Kier alpha value is -2.89. The van der Waals surface area contributed by atoms with Crippen LogP contribution in [-0.4, -0.2) is 19.5 Å². The zero-order valence-electron chi connectivity index (χ0n) is 10.5. The van der Waals surface area contributed by atoms with Gasteiger partial charge in [-0.05, 0) is 17.7 Å². The van der Waals surface area contributed by atoms with Gasteiger partial charge >= 0.3 is 11.4 Å². The molecule has 6 heteroatoms. The molecule has 0 fully saturated rings. The summed E-state index contributed by atoms with van der Waals surface area (Å²) >= 11 is 0. The van der Waals surface area contributed by atoms with Crippen LogP contribution in [0.5, 0.6) is 0 Å². The smallest absolute Gasteiger partial charge is 0.341 e. The molecule has 0 aliphatic heterocycles. The predicted octanol–water partition coefficient (Wildman–Crippen LogP) is 0.975. The SMILES string of the molecule is O=c1nc(-c2cccn2Cc2ccccc2)[nH]c(=O)[nH]1. The summed E-state index contributed by atoms with van der Waals surface area (Å²) in [6.07, 6.45) is 1.88. The lowest BCUT2D eigenvalue weighted by molar-refractivity contribution is 0.800. The zero-order valence-corrected chi connectivity index (χ0v) is 10.5. The molecule has 0 unspecified atom stereocenters. The minimum absolute atomic E-state index is 0.264. The molecule has 0 bridgehead atoms. The molecule has 0 saturated carbocycles. The monoisotopic (exact) mass is 268 g/mol. The molecule has 1 aromatic carbocycles. The lowest BCUT2D eigenvalue weighted by Crippen LogP contribution is -2.25. The van der Waals surface area contributed by atoms with Crippen LogP contribution in [0.4, 0.5) is 0 Å². The van der Waals surface area contributed by atoms with E-state index in [4.69, 9.17) is 0 Å². The van der Waals surface area contributed by atoms with Crippen molar-refractivity contribution in [3.8, 4) is 11.5 Å². The third-order valence-corrected chi connectivity index (χ3v) is 2.93. The van der Waals surface area contributed by atoms with E-state index < -0.39 is 11.4 Å².